The fraction of sp³-hybridized carbons (Fsp3) is 0.600. The van der Waals surface area contributed by atoms with Gasteiger partial charge < -0.3 is 15.3 Å². The Bertz CT molecular complexity index is 661. The van der Waals surface area contributed by atoms with Crippen LogP contribution in [-0.2, 0) is 4.79 Å². The van der Waals surface area contributed by atoms with Gasteiger partial charge in [0.15, 0.2) is 0 Å². The molecule has 0 spiro atoms. The van der Waals surface area contributed by atoms with Crippen LogP contribution in [0.25, 0.3) is 0 Å². The molecule has 1 unspecified atom stereocenters. The van der Waals surface area contributed by atoms with E-state index in [0.717, 1.165) is 43.7 Å². The Morgan fingerprint density at radius 1 is 1.22 bits per heavy atom. The lowest BCUT2D eigenvalue weighted by atomic mass is 9.76. The van der Waals surface area contributed by atoms with Crippen molar-refractivity contribution in [2.75, 3.05) is 26.7 Å². The molecule has 2 fully saturated rings. The molecule has 1 saturated carbocycles. The molecule has 0 aromatic heterocycles. The Hall–Kier alpha value is -1.79. The summed E-state index contributed by atoms with van der Waals surface area (Å²) in [6.45, 7) is 1.45. The number of aliphatic carboxylic acids is 1. The summed E-state index contributed by atoms with van der Waals surface area (Å²) in [4.78, 5) is 27.2. The highest BCUT2D eigenvalue weighted by molar-refractivity contribution is 6.30. The molecule has 1 heterocycles. The summed E-state index contributed by atoms with van der Waals surface area (Å²) < 4.78 is 0. The van der Waals surface area contributed by atoms with Crippen LogP contribution in [0.2, 0.25) is 5.02 Å². The zero-order valence-electron chi connectivity index (χ0n) is 15.7. The van der Waals surface area contributed by atoms with Crippen LogP contribution in [0.4, 0.5) is 4.79 Å². The first-order valence-electron chi connectivity index (χ1n) is 9.65. The monoisotopic (exact) mass is 393 g/mol. The van der Waals surface area contributed by atoms with Gasteiger partial charge in [-0.15, -0.1) is 0 Å². The molecular formula is C20H28ClN3O3. The van der Waals surface area contributed by atoms with E-state index >= 15 is 0 Å². The zero-order valence-corrected chi connectivity index (χ0v) is 16.5. The smallest absolute Gasteiger partial charge is 0.317 e. The number of urea groups is 1. The number of halogens is 1. The number of hydrogen-bond donors (Lipinski definition) is 2. The van der Waals surface area contributed by atoms with Gasteiger partial charge in [0.05, 0.1) is 6.54 Å². The predicted octanol–water partition coefficient (Wildman–Crippen LogP) is 3.17. The highest BCUT2D eigenvalue weighted by Crippen LogP contribution is 2.37. The van der Waals surface area contributed by atoms with E-state index in [1.54, 1.807) is 0 Å². The maximum atomic E-state index is 12.6. The van der Waals surface area contributed by atoms with Crippen molar-refractivity contribution in [2.45, 2.75) is 50.1 Å². The Balaban J connectivity index is 1.42. The number of carbonyl (C=O) groups is 2. The van der Waals surface area contributed by atoms with Gasteiger partial charge in [-0.2, -0.15) is 0 Å². The Labute approximate surface area is 165 Å². The van der Waals surface area contributed by atoms with Crippen molar-refractivity contribution in [1.82, 2.24) is 15.1 Å². The summed E-state index contributed by atoms with van der Waals surface area (Å²) >= 11 is 5.93. The van der Waals surface area contributed by atoms with Crippen molar-refractivity contribution < 1.29 is 14.7 Å². The first-order valence-corrected chi connectivity index (χ1v) is 10.0. The average Bonchev–Trinajstić information content (AvgIpc) is 2.84. The molecule has 7 heteroatoms. The van der Waals surface area contributed by atoms with E-state index in [9.17, 15) is 9.59 Å². The molecule has 1 atom stereocenters. The van der Waals surface area contributed by atoms with Crippen molar-refractivity contribution in [3.8, 4) is 0 Å². The molecule has 27 heavy (non-hydrogen) atoms. The summed E-state index contributed by atoms with van der Waals surface area (Å²) in [5, 5.41) is 12.9. The maximum absolute atomic E-state index is 12.6. The minimum absolute atomic E-state index is 0.0103. The van der Waals surface area contributed by atoms with E-state index in [0.29, 0.717) is 12.5 Å². The third-order valence-corrected chi connectivity index (χ3v) is 6.05. The van der Waals surface area contributed by atoms with Gasteiger partial charge in [0, 0.05) is 30.2 Å². The van der Waals surface area contributed by atoms with Crippen molar-refractivity contribution in [3.63, 3.8) is 0 Å². The molecule has 2 N–H and O–H groups in total. The first kappa shape index (κ1) is 20.0. The van der Waals surface area contributed by atoms with Crippen LogP contribution in [0.3, 0.4) is 0 Å². The van der Waals surface area contributed by atoms with Gasteiger partial charge >= 0.3 is 12.0 Å². The Kier molecular flexibility index (Phi) is 6.60. The van der Waals surface area contributed by atoms with E-state index in [2.05, 4.69) is 17.4 Å². The fourth-order valence-electron chi connectivity index (χ4n) is 4.07. The summed E-state index contributed by atoms with van der Waals surface area (Å²) in [6.07, 6.45) is 4.57. The largest absolute Gasteiger partial charge is 0.480 e. The standard InChI is InChI=1S/C20H28ClN3O3/c1-23(13-19(25)26)18-3-2-9-24(10-8-18)20(27)22-17-11-15(12-17)14-4-6-16(21)7-5-14/h4-7,15,17-18H,2-3,8-13H2,1H3,(H,22,27)(H,25,26). The van der Waals surface area contributed by atoms with Gasteiger partial charge in [0.25, 0.3) is 0 Å². The number of amides is 2. The molecular weight excluding hydrogens is 366 g/mol. The highest BCUT2D eigenvalue weighted by Gasteiger charge is 2.33. The van der Waals surface area contributed by atoms with Gasteiger partial charge in [-0.25, -0.2) is 4.79 Å². The second kappa shape index (κ2) is 8.93. The number of nitrogens with one attached hydrogen (secondary N) is 1. The second-order valence-corrected chi connectivity index (χ2v) is 8.18. The van der Waals surface area contributed by atoms with Crippen molar-refractivity contribution in [1.29, 1.82) is 0 Å². The summed E-state index contributed by atoms with van der Waals surface area (Å²) in [7, 11) is 1.85. The van der Waals surface area contributed by atoms with Crippen LogP contribution in [0.1, 0.15) is 43.6 Å². The molecule has 1 aromatic rings. The van der Waals surface area contributed by atoms with Crippen LogP contribution in [-0.4, -0.2) is 65.7 Å². The number of likely N-dealkylation sites (tertiary alicyclic amines) is 1. The highest BCUT2D eigenvalue weighted by atomic mass is 35.5. The lowest BCUT2D eigenvalue weighted by Gasteiger charge is -2.37. The van der Waals surface area contributed by atoms with E-state index < -0.39 is 5.97 Å². The Morgan fingerprint density at radius 3 is 2.59 bits per heavy atom. The molecule has 1 aliphatic heterocycles. The number of carboxylic acid groups (broad SMARTS) is 1. The third kappa shape index (κ3) is 5.36. The number of rotatable bonds is 5. The molecule has 6 nitrogen and oxygen atoms in total. The van der Waals surface area contributed by atoms with Crippen LogP contribution in [0.15, 0.2) is 24.3 Å². The van der Waals surface area contributed by atoms with Crippen LogP contribution in [0, 0.1) is 0 Å². The molecule has 1 aromatic carbocycles. The van der Waals surface area contributed by atoms with Crippen LogP contribution >= 0.6 is 11.6 Å². The lowest BCUT2D eigenvalue weighted by Crippen LogP contribution is -2.49. The van der Waals surface area contributed by atoms with Crippen LogP contribution in [0.5, 0.6) is 0 Å². The molecule has 3 rings (SSSR count). The van der Waals surface area contributed by atoms with E-state index in [4.69, 9.17) is 16.7 Å². The number of benzene rings is 1. The lowest BCUT2D eigenvalue weighted by molar-refractivity contribution is -0.138. The maximum Gasteiger partial charge on any atom is 0.317 e. The fourth-order valence-corrected chi connectivity index (χ4v) is 4.20. The van der Waals surface area contributed by atoms with Crippen LogP contribution < -0.4 is 5.32 Å². The minimum atomic E-state index is -0.809. The Morgan fingerprint density at radius 2 is 1.93 bits per heavy atom. The average molecular weight is 394 g/mol. The molecule has 2 amide bonds. The summed E-state index contributed by atoms with van der Waals surface area (Å²) in [5.41, 5.74) is 1.28. The van der Waals surface area contributed by atoms with Crippen molar-refractivity contribution in [2.24, 2.45) is 0 Å². The van der Waals surface area contributed by atoms with E-state index in [1.165, 1.54) is 5.56 Å². The van der Waals surface area contributed by atoms with Gasteiger partial charge in [-0.3, -0.25) is 9.69 Å². The van der Waals surface area contributed by atoms with Crippen molar-refractivity contribution >= 4 is 23.6 Å². The summed E-state index contributed by atoms with van der Waals surface area (Å²) in [5.74, 6) is -0.317. The topological polar surface area (TPSA) is 72.9 Å². The molecule has 1 aliphatic carbocycles. The molecule has 1 saturated heterocycles. The van der Waals surface area contributed by atoms with E-state index in [-0.39, 0.29) is 24.7 Å². The van der Waals surface area contributed by atoms with Gasteiger partial charge in [0.1, 0.15) is 0 Å². The number of nitrogens with zero attached hydrogens (tertiary/aromatic N) is 2. The minimum Gasteiger partial charge on any atom is -0.480 e. The molecule has 0 radical (unpaired) electrons. The van der Waals surface area contributed by atoms with Gasteiger partial charge in [0.2, 0.25) is 0 Å². The number of likely N-dealkylation sites (N-methyl/N-ethyl adjacent to an activating group) is 1. The predicted molar refractivity (Wildman–Crippen MR) is 105 cm³/mol. The number of carbonyl (C=O) groups excluding carboxylic acids is 1. The molecule has 148 valence electrons. The molecule has 2 aliphatic rings. The SMILES string of the molecule is CN(CC(=O)O)C1CCCN(C(=O)NC2CC(c3ccc(Cl)cc3)C2)CC1. The van der Waals surface area contributed by atoms with Gasteiger partial charge in [-0.1, -0.05) is 23.7 Å². The number of hydrogen-bond acceptors (Lipinski definition) is 3. The first-order chi connectivity index (χ1) is 12.9. The normalized spacial score (nSPS) is 25.6. The number of carboxylic acids is 1. The second-order valence-electron chi connectivity index (χ2n) is 7.75. The van der Waals surface area contributed by atoms with Gasteiger partial charge in [-0.05, 0) is 62.8 Å². The quantitative estimate of drug-likeness (QED) is 0.805. The zero-order chi connectivity index (χ0) is 19.4. The van der Waals surface area contributed by atoms with Crippen molar-refractivity contribution in [3.05, 3.63) is 34.9 Å². The summed E-state index contributed by atoms with van der Waals surface area (Å²) in [6, 6.07) is 8.41. The van der Waals surface area contributed by atoms with E-state index in [1.807, 2.05) is 29.0 Å². The molecule has 0 bridgehead atoms. The third-order valence-electron chi connectivity index (χ3n) is 5.80.